The van der Waals surface area contributed by atoms with Gasteiger partial charge in [-0.25, -0.2) is 0 Å². The van der Waals surface area contributed by atoms with E-state index in [0.29, 0.717) is 17.6 Å². The number of benzene rings is 1. The molecule has 0 radical (unpaired) electrons. The van der Waals surface area contributed by atoms with E-state index in [1.807, 2.05) is 18.2 Å². The standard InChI is InChI=1S/C15H21ClN2O2/c1-20-14-4-2-3-13(16)12(14)9-18-11-7-5-10(6-8-11)15(17)19/h2-4,10-11,18H,5-9H2,1H3,(H2,17,19). The Kier molecular flexibility index (Phi) is 5.26. The van der Waals surface area contributed by atoms with E-state index in [1.54, 1.807) is 7.11 Å². The molecule has 0 saturated heterocycles. The number of nitrogens with one attached hydrogen (secondary N) is 1. The van der Waals surface area contributed by atoms with Crippen molar-refractivity contribution in [2.24, 2.45) is 11.7 Å². The van der Waals surface area contributed by atoms with Gasteiger partial charge >= 0.3 is 0 Å². The number of hydrogen-bond acceptors (Lipinski definition) is 3. The van der Waals surface area contributed by atoms with Crippen LogP contribution in [0.3, 0.4) is 0 Å². The topological polar surface area (TPSA) is 64.3 Å². The van der Waals surface area contributed by atoms with Crippen LogP contribution in [0.25, 0.3) is 0 Å². The number of nitrogens with two attached hydrogens (primary N) is 1. The lowest BCUT2D eigenvalue weighted by atomic mass is 9.85. The zero-order chi connectivity index (χ0) is 14.5. The van der Waals surface area contributed by atoms with Crippen molar-refractivity contribution in [3.05, 3.63) is 28.8 Å². The molecule has 1 aliphatic rings. The lowest BCUT2D eigenvalue weighted by molar-refractivity contribution is -0.122. The van der Waals surface area contributed by atoms with Crippen LogP contribution in [0.15, 0.2) is 18.2 Å². The number of halogens is 1. The molecule has 1 aliphatic carbocycles. The first kappa shape index (κ1) is 15.1. The summed E-state index contributed by atoms with van der Waals surface area (Å²) < 4.78 is 5.33. The monoisotopic (exact) mass is 296 g/mol. The average molecular weight is 297 g/mol. The molecule has 1 fully saturated rings. The minimum atomic E-state index is -0.170. The summed E-state index contributed by atoms with van der Waals surface area (Å²) in [5.74, 6) is 0.676. The Morgan fingerprint density at radius 1 is 1.40 bits per heavy atom. The molecule has 1 aromatic rings. The first-order valence-electron chi connectivity index (χ1n) is 6.96. The predicted octanol–water partition coefficient (Wildman–Crippen LogP) is 2.48. The van der Waals surface area contributed by atoms with Gasteiger partial charge in [0.15, 0.2) is 0 Å². The number of methoxy groups -OCH3 is 1. The number of primary amides is 1. The third-order valence-electron chi connectivity index (χ3n) is 3.99. The van der Waals surface area contributed by atoms with Gasteiger partial charge in [0.05, 0.1) is 7.11 Å². The molecule has 0 unspecified atom stereocenters. The van der Waals surface area contributed by atoms with Gasteiger partial charge in [-0.15, -0.1) is 0 Å². The van der Waals surface area contributed by atoms with E-state index in [2.05, 4.69) is 5.32 Å². The third kappa shape index (κ3) is 3.64. The maximum atomic E-state index is 11.1. The second-order valence-electron chi connectivity index (χ2n) is 5.25. The summed E-state index contributed by atoms with van der Waals surface area (Å²) in [4.78, 5) is 11.1. The Bertz CT molecular complexity index is 471. The molecule has 0 atom stereocenters. The lowest BCUT2D eigenvalue weighted by Crippen LogP contribution is -2.36. The molecule has 0 spiro atoms. The Morgan fingerprint density at radius 2 is 2.10 bits per heavy atom. The number of carbonyl (C=O) groups excluding carboxylic acids is 1. The van der Waals surface area contributed by atoms with Crippen LogP contribution in [0.4, 0.5) is 0 Å². The second kappa shape index (κ2) is 6.95. The smallest absolute Gasteiger partial charge is 0.220 e. The minimum Gasteiger partial charge on any atom is -0.496 e. The molecule has 5 heteroatoms. The Labute approximate surface area is 124 Å². The SMILES string of the molecule is COc1cccc(Cl)c1CNC1CCC(C(N)=O)CC1. The minimum absolute atomic E-state index is 0.0444. The number of rotatable bonds is 5. The van der Waals surface area contributed by atoms with Crippen molar-refractivity contribution < 1.29 is 9.53 Å². The highest BCUT2D eigenvalue weighted by Crippen LogP contribution is 2.28. The molecule has 3 N–H and O–H groups in total. The van der Waals surface area contributed by atoms with Gasteiger partial charge in [0, 0.05) is 29.1 Å². The highest BCUT2D eigenvalue weighted by Gasteiger charge is 2.24. The fourth-order valence-corrected chi connectivity index (χ4v) is 2.96. The Hall–Kier alpha value is -1.26. The number of carbonyl (C=O) groups is 1. The molecular formula is C15H21ClN2O2. The lowest BCUT2D eigenvalue weighted by Gasteiger charge is -2.27. The molecule has 20 heavy (non-hydrogen) atoms. The zero-order valence-corrected chi connectivity index (χ0v) is 12.5. The van der Waals surface area contributed by atoms with E-state index in [1.165, 1.54) is 0 Å². The number of hydrogen-bond donors (Lipinski definition) is 2. The van der Waals surface area contributed by atoms with E-state index in [-0.39, 0.29) is 11.8 Å². The van der Waals surface area contributed by atoms with Crippen molar-refractivity contribution >= 4 is 17.5 Å². The van der Waals surface area contributed by atoms with E-state index in [0.717, 1.165) is 37.0 Å². The Morgan fingerprint density at radius 3 is 2.70 bits per heavy atom. The molecular weight excluding hydrogens is 276 g/mol. The second-order valence-corrected chi connectivity index (χ2v) is 5.66. The van der Waals surface area contributed by atoms with Crippen molar-refractivity contribution in [3.63, 3.8) is 0 Å². The molecule has 1 saturated carbocycles. The van der Waals surface area contributed by atoms with E-state index >= 15 is 0 Å². The van der Waals surface area contributed by atoms with Crippen LogP contribution in [0.5, 0.6) is 5.75 Å². The molecule has 2 rings (SSSR count). The predicted molar refractivity (Wildman–Crippen MR) is 79.8 cm³/mol. The van der Waals surface area contributed by atoms with Crippen LogP contribution in [-0.2, 0) is 11.3 Å². The van der Waals surface area contributed by atoms with Gasteiger partial charge in [-0.3, -0.25) is 4.79 Å². The summed E-state index contributed by atoms with van der Waals surface area (Å²) in [6.07, 6.45) is 3.68. The summed E-state index contributed by atoms with van der Waals surface area (Å²) in [5.41, 5.74) is 6.32. The third-order valence-corrected chi connectivity index (χ3v) is 4.35. The largest absolute Gasteiger partial charge is 0.496 e. The van der Waals surface area contributed by atoms with Crippen LogP contribution < -0.4 is 15.8 Å². The summed E-state index contributed by atoms with van der Waals surface area (Å²) in [5, 5.41) is 4.21. The normalized spacial score (nSPS) is 22.5. The molecule has 110 valence electrons. The van der Waals surface area contributed by atoms with Crippen LogP contribution in [0, 0.1) is 5.92 Å². The first-order valence-corrected chi connectivity index (χ1v) is 7.33. The van der Waals surface area contributed by atoms with Crippen LogP contribution in [0.1, 0.15) is 31.2 Å². The first-order chi connectivity index (χ1) is 9.61. The molecule has 0 heterocycles. The molecule has 4 nitrogen and oxygen atoms in total. The van der Waals surface area contributed by atoms with Gasteiger partial charge < -0.3 is 15.8 Å². The van der Waals surface area contributed by atoms with Gasteiger partial charge in [0.1, 0.15) is 5.75 Å². The summed E-state index contributed by atoms with van der Waals surface area (Å²) in [7, 11) is 1.65. The van der Waals surface area contributed by atoms with Crippen molar-refractivity contribution in [1.82, 2.24) is 5.32 Å². The van der Waals surface area contributed by atoms with E-state index < -0.39 is 0 Å². The van der Waals surface area contributed by atoms with Gasteiger partial charge in [0.2, 0.25) is 5.91 Å². The summed E-state index contributed by atoms with van der Waals surface area (Å²) >= 11 is 6.21. The van der Waals surface area contributed by atoms with Crippen molar-refractivity contribution in [2.75, 3.05) is 7.11 Å². The van der Waals surface area contributed by atoms with Crippen LogP contribution in [-0.4, -0.2) is 19.1 Å². The van der Waals surface area contributed by atoms with Gasteiger partial charge in [-0.2, -0.15) is 0 Å². The molecule has 0 aromatic heterocycles. The zero-order valence-electron chi connectivity index (χ0n) is 11.7. The number of ether oxygens (including phenoxy) is 1. The van der Waals surface area contributed by atoms with Gasteiger partial charge in [0.25, 0.3) is 0 Å². The van der Waals surface area contributed by atoms with Gasteiger partial charge in [-0.05, 0) is 37.8 Å². The van der Waals surface area contributed by atoms with Crippen molar-refractivity contribution in [1.29, 1.82) is 0 Å². The highest BCUT2D eigenvalue weighted by atomic mass is 35.5. The van der Waals surface area contributed by atoms with Crippen molar-refractivity contribution in [2.45, 2.75) is 38.3 Å². The quantitative estimate of drug-likeness (QED) is 0.877. The highest BCUT2D eigenvalue weighted by molar-refractivity contribution is 6.31. The fourth-order valence-electron chi connectivity index (χ4n) is 2.73. The molecule has 1 aromatic carbocycles. The average Bonchev–Trinajstić information content (AvgIpc) is 2.46. The maximum Gasteiger partial charge on any atom is 0.220 e. The Balaban J connectivity index is 1.89. The number of amides is 1. The molecule has 0 bridgehead atoms. The van der Waals surface area contributed by atoms with Gasteiger partial charge in [-0.1, -0.05) is 17.7 Å². The summed E-state index contributed by atoms with van der Waals surface area (Å²) in [6, 6.07) is 6.06. The molecule has 0 aliphatic heterocycles. The van der Waals surface area contributed by atoms with Crippen LogP contribution >= 0.6 is 11.6 Å². The van der Waals surface area contributed by atoms with E-state index in [9.17, 15) is 4.79 Å². The fraction of sp³-hybridized carbons (Fsp3) is 0.533. The summed E-state index contributed by atoms with van der Waals surface area (Å²) in [6.45, 7) is 0.675. The van der Waals surface area contributed by atoms with Crippen molar-refractivity contribution in [3.8, 4) is 5.75 Å². The van der Waals surface area contributed by atoms with Crippen LogP contribution in [0.2, 0.25) is 5.02 Å². The maximum absolute atomic E-state index is 11.1. The molecule has 1 amide bonds. The van der Waals surface area contributed by atoms with E-state index in [4.69, 9.17) is 22.1 Å².